The Hall–Kier alpha value is -1.56. The van der Waals surface area contributed by atoms with Crippen molar-refractivity contribution in [1.29, 1.82) is 0 Å². The van der Waals surface area contributed by atoms with Crippen molar-refractivity contribution in [3.05, 3.63) is 11.2 Å². The van der Waals surface area contributed by atoms with Gasteiger partial charge >= 0.3 is 6.01 Å². The van der Waals surface area contributed by atoms with Crippen LogP contribution >= 0.6 is 11.6 Å². The van der Waals surface area contributed by atoms with E-state index in [2.05, 4.69) is 14.9 Å². The first-order valence-corrected chi connectivity index (χ1v) is 9.14. The average molecular weight is 353 g/mol. The third-order valence-electron chi connectivity index (χ3n) is 4.96. The summed E-state index contributed by atoms with van der Waals surface area (Å²) in [7, 11) is 1.55. The van der Waals surface area contributed by atoms with Crippen LogP contribution in [0.5, 0.6) is 6.01 Å². The highest BCUT2D eigenvalue weighted by molar-refractivity contribution is 6.32. The van der Waals surface area contributed by atoms with Gasteiger partial charge < -0.3 is 14.5 Å². The molecule has 1 aromatic rings. The van der Waals surface area contributed by atoms with Crippen molar-refractivity contribution in [2.45, 2.75) is 38.5 Å². The lowest BCUT2D eigenvalue weighted by Gasteiger charge is -2.23. The van der Waals surface area contributed by atoms with Crippen LogP contribution in [0.15, 0.2) is 6.20 Å². The molecule has 132 valence electrons. The van der Waals surface area contributed by atoms with Crippen molar-refractivity contribution in [3.8, 4) is 6.01 Å². The van der Waals surface area contributed by atoms with Crippen LogP contribution in [0, 0.1) is 5.92 Å². The van der Waals surface area contributed by atoms with Crippen molar-refractivity contribution in [2.24, 2.45) is 5.92 Å². The summed E-state index contributed by atoms with van der Waals surface area (Å²) in [5.74, 6) is 1.51. The highest BCUT2D eigenvalue weighted by Crippen LogP contribution is 2.29. The molecule has 7 heteroatoms. The molecule has 0 aliphatic carbocycles. The van der Waals surface area contributed by atoms with Gasteiger partial charge in [0.05, 0.1) is 13.3 Å². The Bertz CT molecular complexity index is 578. The zero-order valence-corrected chi connectivity index (χ0v) is 15.0. The normalized spacial score (nSPS) is 21.7. The summed E-state index contributed by atoms with van der Waals surface area (Å²) in [6, 6.07) is 0.333. The molecule has 2 saturated heterocycles. The number of rotatable bonds is 4. The molecule has 2 aliphatic rings. The van der Waals surface area contributed by atoms with E-state index < -0.39 is 0 Å². The first-order valence-electron chi connectivity index (χ1n) is 8.76. The molecule has 1 aromatic heterocycles. The fourth-order valence-electron chi connectivity index (χ4n) is 3.59. The zero-order chi connectivity index (χ0) is 16.9. The maximum Gasteiger partial charge on any atom is 0.318 e. The number of amides is 1. The second-order valence-electron chi connectivity index (χ2n) is 6.60. The van der Waals surface area contributed by atoms with Gasteiger partial charge in [-0.2, -0.15) is 4.98 Å². The van der Waals surface area contributed by atoms with E-state index in [1.807, 2.05) is 4.90 Å². The molecular weight excluding hydrogens is 328 g/mol. The maximum absolute atomic E-state index is 12.4. The third-order valence-corrected chi connectivity index (χ3v) is 5.22. The molecule has 24 heavy (non-hydrogen) atoms. The number of halogens is 1. The molecule has 1 amide bonds. The van der Waals surface area contributed by atoms with Gasteiger partial charge in [0.25, 0.3) is 0 Å². The van der Waals surface area contributed by atoms with E-state index in [1.165, 1.54) is 0 Å². The molecule has 0 aromatic carbocycles. The van der Waals surface area contributed by atoms with Gasteiger partial charge in [-0.1, -0.05) is 11.6 Å². The van der Waals surface area contributed by atoms with E-state index in [0.717, 1.165) is 64.1 Å². The molecule has 0 spiro atoms. The topological polar surface area (TPSA) is 58.6 Å². The molecule has 6 nitrogen and oxygen atoms in total. The van der Waals surface area contributed by atoms with Gasteiger partial charge in [-0.25, -0.2) is 4.98 Å². The molecular formula is C17H25ClN4O2. The molecule has 0 unspecified atom stereocenters. The minimum Gasteiger partial charge on any atom is -0.467 e. The quantitative estimate of drug-likeness (QED) is 0.834. The lowest BCUT2D eigenvalue weighted by Crippen LogP contribution is -2.30. The van der Waals surface area contributed by atoms with Gasteiger partial charge in [-0.3, -0.25) is 4.79 Å². The van der Waals surface area contributed by atoms with Gasteiger partial charge in [0.2, 0.25) is 5.91 Å². The van der Waals surface area contributed by atoms with Gasteiger partial charge in [0.15, 0.2) is 5.82 Å². The molecule has 2 fully saturated rings. The van der Waals surface area contributed by atoms with E-state index in [1.54, 1.807) is 13.3 Å². The number of aromatic nitrogens is 2. The van der Waals surface area contributed by atoms with E-state index in [4.69, 9.17) is 16.3 Å². The van der Waals surface area contributed by atoms with Gasteiger partial charge in [0, 0.05) is 32.6 Å². The molecule has 0 N–H and O–H groups in total. The van der Waals surface area contributed by atoms with Crippen LogP contribution in [0.4, 0.5) is 5.82 Å². The van der Waals surface area contributed by atoms with Crippen molar-refractivity contribution in [3.63, 3.8) is 0 Å². The minimum absolute atomic E-state index is 0.327. The fourth-order valence-corrected chi connectivity index (χ4v) is 3.80. The Kier molecular flexibility index (Phi) is 5.76. The van der Waals surface area contributed by atoms with Gasteiger partial charge in [0.1, 0.15) is 5.02 Å². The average Bonchev–Trinajstić information content (AvgIpc) is 3.04. The first-order chi connectivity index (χ1) is 11.7. The summed E-state index contributed by atoms with van der Waals surface area (Å²) in [6.07, 6.45) is 7.67. The zero-order valence-electron chi connectivity index (χ0n) is 14.2. The highest BCUT2D eigenvalue weighted by Gasteiger charge is 2.25. The third kappa shape index (κ3) is 4.09. The highest BCUT2D eigenvalue weighted by atomic mass is 35.5. The molecule has 0 radical (unpaired) electrons. The summed E-state index contributed by atoms with van der Waals surface area (Å²) < 4.78 is 5.10. The van der Waals surface area contributed by atoms with Crippen LogP contribution in [0.1, 0.15) is 38.5 Å². The monoisotopic (exact) mass is 352 g/mol. The van der Waals surface area contributed by atoms with Crippen LogP contribution in [0.3, 0.4) is 0 Å². The Morgan fingerprint density at radius 2 is 2.04 bits per heavy atom. The van der Waals surface area contributed by atoms with Crippen molar-refractivity contribution >= 4 is 23.3 Å². The smallest absolute Gasteiger partial charge is 0.318 e. The second kappa shape index (κ2) is 8.01. The van der Waals surface area contributed by atoms with E-state index in [9.17, 15) is 4.79 Å². The summed E-state index contributed by atoms with van der Waals surface area (Å²) in [6.45, 7) is 3.63. The Balaban J connectivity index is 1.59. The van der Waals surface area contributed by atoms with Crippen LogP contribution < -0.4 is 9.64 Å². The van der Waals surface area contributed by atoms with Crippen molar-refractivity contribution < 1.29 is 9.53 Å². The number of carbonyl (C=O) groups excluding carboxylic acids is 1. The number of nitrogens with zero attached hydrogens (tertiary/aromatic N) is 4. The number of carbonyl (C=O) groups is 1. The van der Waals surface area contributed by atoms with E-state index in [-0.39, 0.29) is 0 Å². The van der Waals surface area contributed by atoms with Crippen LogP contribution in [0.25, 0.3) is 0 Å². The number of anilines is 1. The number of hydrogen-bond donors (Lipinski definition) is 0. The summed E-state index contributed by atoms with van der Waals surface area (Å²) in [5.41, 5.74) is 0. The molecule has 0 saturated carbocycles. The Labute approximate surface area is 148 Å². The molecule has 3 heterocycles. The lowest BCUT2D eigenvalue weighted by molar-refractivity contribution is -0.131. The lowest BCUT2D eigenvalue weighted by atomic mass is 9.96. The maximum atomic E-state index is 12.4. The second-order valence-corrected chi connectivity index (χ2v) is 7.01. The predicted octanol–water partition coefficient (Wildman–Crippen LogP) is 2.76. The summed E-state index contributed by atoms with van der Waals surface area (Å²) in [4.78, 5) is 25.0. The van der Waals surface area contributed by atoms with Gasteiger partial charge in [-0.05, 0) is 38.0 Å². The Morgan fingerprint density at radius 1 is 1.25 bits per heavy atom. The molecule has 0 bridgehead atoms. The fraction of sp³-hybridized carbons (Fsp3) is 0.706. The predicted molar refractivity (Wildman–Crippen MR) is 93.6 cm³/mol. The van der Waals surface area contributed by atoms with E-state index >= 15 is 0 Å². The molecule has 1 atom stereocenters. The standard InChI is InChI=1S/C17H25ClN4O2/c1-24-17-19-12-14(18)16(20-17)22-9-4-5-13(6-10-22)11-15(23)21-7-2-3-8-21/h12-13H,2-11H2,1H3/t13-/m0/s1. The number of methoxy groups -OCH3 is 1. The van der Waals surface area contributed by atoms with E-state index in [0.29, 0.717) is 29.3 Å². The van der Waals surface area contributed by atoms with Crippen molar-refractivity contribution in [2.75, 3.05) is 38.2 Å². The minimum atomic E-state index is 0.327. The summed E-state index contributed by atoms with van der Waals surface area (Å²) >= 11 is 6.26. The largest absolute Gasteiger partial charge is 0.467 e. The number of ether oxygens (including phenoxy) is 1. The van der Waals surface area contributed by atoms with Gasteiger partial charge in [-0.15, -0.1) is 0 Å². The van der Waals surface area contributed by atoms with Crippen LogP contribution in [-0.4, -0.2) is 54.1 Å². The number of hydrogen-bond acceptors (Lipinski definition) is 5. The first kappa shape index (κ1) is 17.3. The van der Waals surface area contributed by atoms with Crippen molar-refractivity contribution in [1.82, 2.24) is 14.9 Å². The molecule has 3 rings (SSSR count). The number of likely N-dealkylation sites (tertiary alicyclic amines) is 1. The SMILES string of the molecule is COc1ncc(Cl)c(N2CCC[C@H](CC(=O)N3CCCC3)CC2)n1. The van der Waals surface area contributed by atoms with Crippen LogP contribution in [0.2, 0.25) is 5.02 Å². The van der Waals surface area contributed by atoms with Crippen LogP contribution in [-0.2, 0) is 4.79 Å². The molecule has 2 aliphatic heterocycles. The summed E-state index contributed by atoms with van der Waals surface area (Å²) in [5, 5.41) is 0.544. The Morgan fingerprint density at radius 3 is 2.79 bits per heavy atom.